The molecule has 2 heterocycles. The van der Waals surface area contributed by atoms with E-state index in [-0.39, 0.29) is 12.3 Å². The first-order valence-corrected chi connectivity index (χ1v) is 10.9. The van der Waals surface area contributed by atoms with Gasteiger partial charge in [-0.25, -0.2) is 4.98 Å². The van der Waals surface area contributed by atoms with Crippen LogP contribution in [0.2, 0.25) is 0 Å². The van der Waals surface area contributed by atoms with Gasteiger partial charge < -0.3 is 19.5 Å². The van der Waals surface area contributed by atoms with Crippen LogP contribution in [0.15, 0.2) is 54.6 Å². The van der Waals surface area contributed by atoms with Gasteiger partial charge in [-0.15, -0.1) is 5.92 Å². The Kier molecular flexibility index (Phi) is 8.48. The van der Waals surface area contributed by atoms with E-state index in [0.717, 1.165) is 30.0 Å². The van der Waals surface area contributed by atoms with Crippen LogP contribution in [-0.4, -0.2) is 47.3 Å². The van der Waals surface area contributed by atoms with Crippen molar-refractivity contribution in [3.8, 4) is 23.5 Å². The fourth-order valence-electron chi connectivity index (χ4n) is 3.48. The van der Waals surface area contributed by atoms with Gasteiger partial charge in [-0.1, -0.05) is 36.8 Å². The molecule has 1 aromatic carbocycles. The van der Waals surface area contributed by atoms with Crippen molar-refractivity contribution in [3.63, 3.8) is 0 Å². The van der Waals surface area contributed by atoms with Gasteiger partial charge in [0.1, 0.15) is 19.0 Å². The lowest BCUT2D eigenvalue weighted by Gasteiger charge is -2.27. The number of benzene rings is 1. The van der Waals surface area contributed by atoms with Gasteiger partial charge in [0.2, 0.25) is 11.8 Å². The van der Waals surface area contributed by atoms with E-state index in [2.05, 4.69) is 39.4 Å². The SMILES string of the molecule is C=CCOc1cc(C)nc(N2CC=C(COc3ccc(C(C#CC)CC(=O)O)cc3)CC2)n1. The number of hydrogen-bond acceptors (Lipinski definition) is 6. The Morgan fingerprint density at radius 2 is 2.09 bits per heavy atom. The predicted octanol–water partition coefficient (Wildman–Crippen LogP) is 4.15. The molecule has 1 aliphatic rings. The van der Waals surface area contributed by atoms with Crippen LogP contribution in [0.1, 0.15) is 36.9 Å². The third-order valence-electron chi connectivity index (χ3n) is 5.16. The lowest BCUT2D eigenvalue weighted by Crippen LogP contribution is -2.31. The van der Waals surface area contributed by atoms with Gasteiger partial charge in [0.15, 0.2) is 0 Å². The normalized spacial score (nSPS) is 13.9. The van der Waals surface area contributed by atoms with E-state index < -0.39 is 5.97 Å². The van der Waals surface area contributed by atoms with Crippen LogP contribution >= 0.6 is 0 Å². The molecule has 1 atom stereocenters. The van der Waals surface area contributed by atoms with Crippen molar-refractivity contribution in [3.05, 3.63) is 65.9 Å². The molecule has 0 bridgehead atoms. The number of carbonyl (C=O) groups is 1. The molecule has 0 aliphatic carbocycles. The zero-order valence-electron chi connectivity index (χ0n) is 19.1. The van der Waals surface area contributed by atoms with Crippen LogP contribution in [0.25, 0.3) is 0 Å². The summed E-state index contributed by atoms with van der Waals surface area (Å²) < 4.78 is 11.5. The summed E-state index contributed by atoms with van der Waals surface area (Å²) in [5, 5.41) is 9.09. The first kappa shape index (κ1) is 23.9. The van der Waals surface area contributed by atoms with E-state index in [1.54, 1.807) is 13.0 Å². The van der Waals surface area contributed by atoms with Crippen molar-refractivity contribution in [2.75, 3.05) is 31.2 Å². The van der Waals surface area contributed by atoms with E-state index in [4.69, 9.17) is 14.6 Å². The monoisotopic (exact) mass is 447 g/mol. The maximum Gasteiger partial charge on any atom is 0.304 e. The fraction of sp³-hybridized carbons (Fsp3) is 0.346. The molecule has 0 saturated heterocycles. The second-order valence-electron chi connectivity index (χ2n) is 7.71. The highest BCUT2D eigenvalue weighted by Crippen LogP contribution is 2.24. The van der Waals surface area contributed by atoms with Crippen molar-refractivity contribution in [1.29, 1.82) is 0 Å². The Labute approximate surface area is 194 Å². The lowest BCUT2D eigenvalue weighted by atomic mass is 9.96. The molecule has 1 N–H and O–H groups in total. The highest BCUT2D eigenvalue weighted by molar-refractivity contribution is 5.69. The van der Waals surface area contributed by atoms with Crippen molar-refractivity contribution in [2.24, 2.45) is 0 Å². The Hall–Kier alpha value is -3.79. The minimum Gasteiger partial charge on any atom is -0.489 e. The van der Waals surface area contributed by atoms with Gasteiger partial charge in [0.25, 0.3) is 0 Å². The second kappa shape index (κ2) is 11.7. The van der Waals surface area contributed by atoms with Gasteiger partial charge in [-0.3, -0.25) is 4.79 Å². The van der Waals surface area contributed by atoms with E-state index in [1.165, 1.54) is 5.57 Å². The maximum absolute atomic E-state index is 11.1. The van der Waals surface area contributed by atoms with Gasteiger partial charge in [-0.05, 0) is 43.5 Å². The minimum absolute atomic E-state index is 0.0169. The molecular formula is C26H29N3O4. The van der Waals surface area contributed by atoms with Crippen LogP contribution in [0.5, 0.6) is 11.6 Å². The zero-order valence-corrected chi connectivity index (χ0v) is 19.1. The smallest absolute Gasteiger partial charge is 0.304 e. The average Bonchev–Trinajstić information content (AvgIpc) is 2.81. The summed E-state index contributed by atoms with van der Waals surface area (Å²) in [6.07, 6.45) is 4.67. The molecule has 0 fully saturated rings. The van der Waals surface area contributed by atoms with Crippen molar-refractivity contribution in [2.45, 2.75) is 32.6 Å². The molecule has 1 aromatic heterocycles. The van der Waals surface area contributed by atoms with E-state index in [9.17, 15) is 4.79 Å². The molecule has 1 aliphatic heterocycles. The number of hydrogen-bond donors (Lipinski definition) is 1. The number of anilines is 1. The molecule has 0 amide bonds. The van der Waals surface area contributed by atoms with Crippen LogP contribution in [0.3, 0.4) is 0 Å². The Bertz CT molecular complexity index is 1070. The summed E-state index contributed by atoms with van der Waals surface area (Å²) in [6.45, 7) is 9.71. The molecule has 172 valence electrons. The van der Waals surface area contributed by atoms with Crippen LogP contribution in [0, 0.1) is 18.8 Å². The summed E-state index contributed by atoms with van der Waals surface area (Å²) in [5.74, 6) is 6.54. The van der Waals surface area contributed by atoms with Gasteiger partial charge in [0.05, 0.1) is 12.3 Å². The molecule has 1 unspecified atom stereocenters. The number of carboxylic acids is 1. The quantitative estimate of drug-likeness (QED) is 0.433. The molecule has 0 saturated carbocycles. The van der Waals surface area contributed by atoms with Crippen LogP contribution in [0.4, 0.5) is 5.95 Å². The Balaban J connectivity index is 1.56. The van der Waals surface area contributed by atoms with Crippen LogP contribution < -0.4 is 14.4 Å². The number of aliphatic carboxylic acids is 1. The minimum atomic E-state index is -0.863. The third-order valence-corrected chi connectivity index (χ3v) is 5.16. The largest absolute Gasteiger partial charge is 0.489 e. The first-order chi connectivity index (χ1) is 16.0. The summed E-state index contributed by atoms with van der Waals surface area (Å²) in [6, 6.07) is 9.30. The van der Waals surface area contributed by atoms with Crippen LogP contribution in [-0.2, 0) is 4.79 Å². The molecule has 7 heteroatoms. The van der Waals surface area contributed by atoms with Crippen molar-refractivity contribution in [1.82, 2.24) is 9.97 Å². The molecule has 7 nitrogen and oxygen atoms in total. The van der Waals surface area contributed by atoms with Gasteiger partial charge in [-0.2, -0.15) is 4.98 Å². The van der Waals surface area contributed by atoms with Crippen molar-refractivity contribution < 1.29 is 19.4 Å². The summed E-state index contributed by atoms with van der Waals surface area (Å²) >= 11 is 0. The second-order valence-corrected chi connectivity index (χ2v) is 7.71. The Morgan fingerprint density at radius 3 is 2.73 bits per heavy atom. The van der Waals surface area contributed by atoms with Gasteiger partial charge >= 0.3 is 5.97 Å². The topological polar surface area (TPSA) is 84.8 Å². The summed E-state index contributed by atoms with van der Waals surface area (Å²) in [5.41, 5.74) is 2.95. The average molecular weight is 448 g/mol. The number of aryl methyl sites for hydroxylation is 1. The highest BCUT2D eigenvalue weighted by atomic mass is 16.5. The number of ether oxygens (including phenoxy) is 2. The summed E-state index contributed by atoms with van der Waals surface area (Å²) in [7, 11) is 0. The predicted molar refractivity (Wildman–Crippen MR) is 128 cm³/mol. The van der Waals surface area contributed by atoms with E-state index >= 15 is 0 Å². The molecule has 0 radical (unpaired) electrons. The van der Waals surface area contributed by atoms with E-state index in [0.29, 0.717) is 31.6 Å². The summed E-state index contributed by atoms with van der Waals surface area (Å²) in [4.78, 5) is 22.2. The molecule has 33 heavy (non-hydrogen) atoms. The third kappa shape index (κ3) is 7.11. The van der Waals surface area contributed by atoms with E-state index in [1.807, 2.05) is 37.3 Å². The standard InChI is InChI=1S/C26H29N3O4/c1-4-6-22(17-25(30)31)21-7-9-23(10-8-21)33-18-20-11-13-29(14-12-20)26-27-19(3)16-24(28-26)32-15-5-2/h5,7-11,16,22H,2,12-15,17-18H2,1,3H3,(H,30,31). The maximum atomic E-state index is 11.1. The molecular weight excluding hydrogens is 418 g/mol. The lowest BCUT2D eigenvalue weighted by molar-refractivity contribution is -0.137. The number of aromatic nitrogens is 2. The van der Waals surface area contributed by atoms with Gasteiger partial charge in [0, 0.05) is 24.8 Å². The molecule has 3 rings (SSSR count). The first-order valence-electron chi connectivity index (χ1n) is 10.9. The molecule has 2 aromatic rings. The number of nitrogens with zero attached hydrogens (tertiary/aromatic N) is 3. The molecule has 0 spiro atoms. The Morgan fingerprint density at radius 1 is 1.30 bits per heavy atom. The van der Waals surface area contributed by atoms with Crippen molar-refractivity contribution >= 4 is 11.9 Å². The highest BCUT2D eigenvalue weighted by Gasteiger charge is 2.17. The number of carboxylic acid groups (broad SMARTS) is 1. The zero-order chi connectivity index (χ0) is 23.6. The number of rotatable bonds is 10. The fourth-order valence-corrected chi connectivity index (χ4v) is 3.48.